The fourth-order valence-corrected chi connectivity index (χ4v) is 3.06. The molecule has 0 saturated carbocycles. The Morgan fingerprint density at radius 1 is 0.969 bits per heavy atom. The summed E-state index contributed by atoms with van der Waals surface area (Å²) in [6.45, 7) is 4.46. The minimum atomic E-state index is -0.257. The molecule has 2 aromatic carbocycles. The molecule has 4 aromatic rings. The van der Waals surface area contributed by atoms with Crippen LogP contribution in [0.3, 0.4) is 0 Å². The number of benzene rings is 2. The van der Waals surface area contributed by atoms with Crippen molar-refractivity contribution in [2.24, 2.45) is 0 Å². The van der Waals surface area contributed by atoms with Crippen molar-refractivity contribution in [2.75, 3.05) is 5.32 Å². The van der Waals surface area contributed by atoms with Crippen molar-refractivity contribution in [1.29, 1.82) is 0 Å². The number of aryl methyl sites for hydroxylation is 2. The Labute approximate surface area is 186 Å². The molecule has 2 aromatic heterocycles. The highest BCUT2D eigenvalue weighted by Gasteiger charge is 2.11. The summed E-state index contributed by atoms with van der Waals surface area (Å²) < 4.78 is 16.6. The molecule has 0 radical (unpaired) electrons. The zero-order chi connectivity index (χ0) is 22.3. The SMILES string of the molecule is Cc1noc(C)c1COc1cccc(C(=O)Nc2ccc(OCc3ccccc3)nc2)c1. The van der Waals surface area contributed by atoms with Crippen LogP contribution in [0.4, 0.5) is 5.69 Å². The fraction of sp³-hybridized carbons (Fsp3) is 0.160. The van der Waals surface area contributed by atoms with Crippen LogP contribution in [0.1, 0.15) is 32.9 Å². The van der Waals surface area contributed by atoms with Gasteiger partial charge in [0.25, 0.3) is 5.91 Å². The molecule has 0 aliphatic rings. The predicted molar refractivity (Wildman–Crippen MR) is 120 cm³/mol. The Balaban J connectivity index is 1.33. The van der Waals surface area contributed by atoms with Gasteiger partial charge in [-0.15, -0.1) is 0 Å². The van der Waals surface area contributed by atoms with E-state index in [-0.39, 0.29) is 5.91 Å². The number of carbonyl (C=O) groups excluding carboxylic acids is 1. The highest BCUT2D eigenvalue weighted by Crippen LogP contribution is 2.20. The van der Waals surface area contributed by atoms with Crippen molar-refractivity contribution in [3.8, 4) is 11.6 Å². The highest BCUT2D eigenvalue weighted by molar-refractivity contribution is 6.04. The van der Waals surface area contributed by atoms with E-state index < -0.39 is 0 Å². The Hall–Kier alpha value is -4.13. The summed E-state index contributed by atoms with van der Waals surface area (Å²) in [4.78, 5) is 16.9. The summed E-state index contributed by atoms with van der Waals surface area (Å²) in [6, 6.07) is 20.3. The van der Waals surface area contributed by atoms with Gasteiger partial charge in [-0.05, 0) is 43.7 Å². The van der Waals surface area contributed by atoms with Gasteiger partial charge in [-0.25, -0.2) is 4.98 Å². The molecule has 2 heterocycles. The summed E-state index contributed by atoms with van der Waals surface area (Å²) >= 11 is 0. The second-order valence-corrected chi connectivity index (χ2v) is 7.23. The standard InChI is InChI=1S/C25H23N3O4/c1-17-23(18(2)32-28-17)16-30-22-10-6-9-20(13-22)25(29)27-21-11-12-24(26-14-21)31-15-19-7-4-3-5-8-19/h3-14H,15-16H2,1-2H3,(H,27,29). The largest absolute Gasteiger partial charge is 0.489 e. The number of aromatic nitrogens is 2. The Kier molecular flexibility index (Phi) is 6.46. The highest BCUT2D eigenvalue weighted by atomic mass is 16.5. The topological polar surface area (TPSA) is 86.5 Å². The smallest absolute Gasteiger partial charge is 0.255 e. The van der Waals surface area contributed by atoms with Crippen LogP contribution in [0.2, 0.25) is 0 Å². The van der Waals surface area contributed by atoms with Gasteiger partial charge in [0.1, 0.15) is 24.7 Å². The predicted octanol–water partition coefficient (Wildman–Crippen LogP) is 5.10. The van der Waals surface area contributed by atoms with Gasteiger partial charge in [-0.1, -0.05) is 41.6 Å². The quantitative estimate of drug-likeness (QED) is 0.420. The van der Waals surface area contributed by atoms with Gasteiger partial charge >= 0.3 is 0 Å². The van der Waals surface area contributed by atoms with Crippen LogP contribution < -0.4 is 14.8 Å². The van der Waals surface area contributed by atoms with E-state index in [0.29, 0.717) is 36.1 Å². The Bertz CT molecular complexity index is 1170. The lowest BCUT2D eigenvalue weighted by molar-refractivity contribution is 0.102. The average molecular weight is 429 g/mol. The number of ether oxygens (including phenoxy) is 2. The van der Waals surface area contributed by atoms with Crippen molar-refractivity contribution in [3.63, 3.8) is 0 Å². The maximum atomic E-state index is 12.7. The summed E-state index contributed by atoms with van der Waals surface area (Å²) in [5, 5.41) is 6.76. The molecule has 1 N–H and O–H groups in total. The van der Waals surface area contributed by atoms with Crippen molar-refractivity contribution < 1.29 is 18.8 Å². The number of hydrogen-bond acceptors (Lipinski definition) is 6. The second kappa shape index (κ2) is 9.78. The molecule has 1 amide bonds. The van der Waals surface area contributed by atoms with Gasteiger partial charge in [-0.2, -0.15) is 0 Å². The van der Waals surface area contributed by atoms with Gasteiger partial charge in [0, 0.05) is 11.6 Å². The third-order valence-corrected chi connectivity index (χ3v) is 4.88. The monoisotopic (exact) mass is 429 g/mol. The first-order valence-corrected chi connectivity index (χ1v) is 10.2. The number of amides is 1. The molecule has 7 nitrogen and oxygen atoms in total. The molecule has 0 fully saturated rings. The molecule has 32 heavy (non-hydrogen) atoms. The first kappa shape index (κ1) is 21.1. The number of rotatable bonds is 8. The number of pyridine rings is 1. The number of hydrogen-bond donors (Lipinski definition) is 1. The lowest BCUT2D eigenvalue weighted by atomic mass is 10.2. The van der Waals surface area contributed by atoms with E-state index in [1.807, 2.05) is 44.2 Å². The fourth-order valence-electron chi connectivity index (χ4n) is 3.06. The van der Waals surface area contributed by atoms with Crippen LogP contribution in [0.5, 0.6) is 11.6 Å². The summed E-state index contributed by atoms with van der Waals surface area (Å²) in [7, 11) is 0. The normalized spacial score (nSPS) is 10.6. The van der Waals surface area contributed by atoms with Crippen LogP contribution in [0, 0.1) is 13.8 Å². The third kappa shape index (κ3) is 5.31. The van der Waals surface area contributed by atoms with Crippen LogP contribution in [0.25, 0.3) is 0 Å². The number of anilines is 1. The lowest BCUT2D eigenvalue weighted by Gasteiger charge is -2.09. The Morgan fingerprint density at radius 2 is 1.81 bits per heavy atom. The van der Waals surface area contributed by atoms with Crippen LogP contribution in [-0.4, -0.2) is 16.0 Å². The van der Waals surface area contributed by atoms with Crippen molar-refractivity contribution in [3.05, 3.63) is 101 Å². The van der Waals surface area contributed by atoms with E-state index in [4.69, 9.17) is 14.0 Å². The molecule has 0 aliphatic heterocycles. The molecule has 162 valence electrons. The zero-order valence-corrected chi connectivity index (χ0v) is 17.9. The van der Waals surface area contributed by atoms with E-state index in [1.54, 1.807) is 42.6 Å². The molecule has 0 bridgehead atoms. The molecule has 7 heteroatoms. The number of nitrogens with one attached hydrogen (secondary N) is 1. The van der Waals surface area contributed by atoms with Crippen LogP contribution in [-0.2, 0) is 13.2 Å². The van der Waals surface area contributed by atoms with Gasteiger partial charge < -0.3 is 19.3 Å². The number of carbonyl (C=O) groups is 1. The lowest BCUT2D eigenvalue weighted by Crippen LogP contribution is -2.12. The second-order valence-electron chi connectivity index (χ2n) is 7.23. The molecule has 4 rings (SSSR count). The van der Waals surface area contributed by atoms with Crippen LogP contribution in [0.15, 0.2) is 77.4 Å². The minimum absolute atomic E-state index is 0.257. The maximum Gasteiger partial charge on any atom is 0.255 e. The van der Waals surface area contributed by atoms with E-state index in [2.05, 4.69) is 15.5 Å². The van der Waals surface area contributed by atoms with Crippen molar-refractivity contribution in [2.45, 2.75) is 27.1 Å². The van der Waals surface area contributed by atoms with E-state index >= 15 is 0 Å². The van der Waals surface area contributed by atoms with Gasteiger partial charge in [0.05, 0.1) is 23.1 Å². The average Bonchev–Trinajstić information content (AvgIpc) is 3.15. The minimum Gasteiger partial charge on any atom is -0.489 e. The van der Waals surface area contributed by atoms with E-state index in [9.17, 15) is 4.79 Å². The van der Waals surface area contributed by atoms with E-state index in [1.165, 1.54) is 0 Å². The van der Waals surface area contributed by atoms with Crippen LogP contribution >= 0.6 is 0 Å². The molecule has 0 unspecified atom stereocenters. The third-order valence-electron chi connectivity index (χ3n) is 4.88. The van der Waals surface area contributed by atoms with Gasteiger partial charge in [0.2, 0.25) is 5.88 Å². The van der Waals surface area contributed by atoms with E-state index in [0.717, 1.165) is 22.6 Å². The van der Waals surface area contributed by atoms with Gasteiger partial charge in [-0.3, -0.25) is 4.79 Å². The molecule has 0 aliphatic carbocycles. The summed E-state index contributed by atoms with van der Waals surface area (Å²) in [5.41, 5.74) is 3.80. The van der Waals surface area contributed by atoms with Gasteiger partial charge in [0.15, 0.2) is 0 Å². The first-order valence-electron chi connectivity index (χ1n) is 10.2. The molecule has 0 saturated heterocycles. The molecular weight excluding hydrogens is 406 g/mol. The first-order chi connectivity index (χ1) is 15.6. The van der Waals surface area contributed by atoms with Crippen molar-refractivity contribution >= 4 is 11.6 Å². The maximum absolute atomic E-state index is 12.7. The Morgan fingerprint density at radius 3 is 2.53 bits per heavy atom. The number of nitrogens with zero attached hydrogens (tertiary/aromatic N) is 2. The molecule has 0 atom stereocenters. The molecule has 0 spiro atoms. The molecular formula is C25H23N3O4. The van der Waals surface area contributed by atoms with Crippen molar-refractivity contribution in [1.82, 2.24) is 10.1 Å². The zero-order valence-electron chi connectivity index (χ0n) is 17.9. The summed E-state index contributed by atoms with van der Waals surface area (Å²) in [6.07, 6.45) is 1.57. The summed E-state index contributed by atoms with van der Waals surface area (Å²) in [5.74, 6) is 1.54.